The third kappa shape index (κ3) is 3.58. The van der Waals surface area contributed by atoms with Crippen molar-refractivity contribution in [3.63, 3.8) is 0 Å². The van der Waals surface area contributed by atoms with Gasteiger partial charge in [-0.15, -0.1) is 11.6 Å². The van der Waals surface area contributed by atoms with Crippen LogP contribution in [0.2, 0.25) is 0 Å². The van der Waals surface area contributed by atoms with Gasteiger partial charge < -0.3 is 10.1 Å². The predicted octanol–water partition coefficient (Wildman–Crippen LogP) is 3.92. The Labute approximate surface area is 117 Å². The lowest BCUT2D eigenvalue weighted by atomic mass is 10.1. The summed E-state index contributed by atoms with van der Waals surface area (Å²) in [6.07, 6.45) is 1.47. The number of rotatable bonds is 5. The van der Waals surface area contributed by atoms with Crippen molar-refractivity contribution >= 4 is 23.1 Å². The van der Waals surface area contributed by atoms with Crippen molar-refractivity contribution in [1.82, 2.24) is 9.97 Å². The van der Waals surface area contributed by atoms with E-state index in [0.29, 0.717) is 18.3 Å². The van der Waals surface area contributed by atoms with Gasteiger partial charge in [0.05, 0.1) is 12.0 Å². The zero-order valence-corrected chi connectivity index (χ0v) is 11.7. The second-order valence-corrected chi connectivity index (χ2v) is 4.66. The number of benzene rings is 1. The molecule has 2 aromatic rings. The summed E-state index contributed by atoms with van der Waals surface area (Å²) in [6.45, 7) is 4.43. The Hall–Kier alpha value is -1.81. The van der Waals surface area contributed by atoms with Gasteiger partial charge in [-0.05, 0) is 25.5 Å². The predicted molar refractivity (Wildman–Crippen MR) is 77.2 cm³/mol. The Morgan fingerprint density at radius 2 is 2.11 bits per heavy atom. The molecule has 1 unspecified atom stereocenters. The normalized spacial score (nSPS) is 11.9. The Kier molecular flexibility index (Phi) is 4.58. The molecule has 0 aliphatic carbocycles. The molecule has 1 atom stereocenters. The van der Waals surface area contributed by atoms with Crippen LogP contribution in [-0.4, -0.2) is 16.6 Å². The Morgan fingerprint density at radius 1 is 1.32 bits per heavy atom. The van der Waals surface area contributed by atoms with E-state index in [0.717, 1.165) is 11.3 Å². The number of halogens is 1. The molecule has 5 heteroatoms. The zero-order chi connectivity index (χ0) is 13.7. The molecule has 1 aromatic heterocycles. The highest BCUT2D eigenvalue weighted by atomic mass is 35.5. The molecule has 0 radical (unpaired) electrons. The summed E-state index contributed by atoms with van der Waals surface area (Å²) in [5.74, 6) is 1.24. The highest BCUT2D eigenvalue weighted by molar-refractivity contribution is 6.21. The maximum Gasteiger partial charge on any atom is 0.218 e. The monoisotopic (exact) mass is 277 g/mol. The van der Waals surface area contributed by atoms with E-state index in [1.807, 2.05) is 38.1 Å². The van der Waals surface area contributed by atoms with Crippen LogP contribution in [0.4, 0.5) is 11.5 Å². The molecular weight excluding hydrogens is 262 g/mol. The molecule has 2 rings (SSSR count). The first kappa shape index (κ1) is 13.6. The Morgan fingerprint density at radius 3 is 2.84 bits per heavy atom. The topological polar surface area (TPSA) is 47.0 Å². The summed E-state index contributed by atoms with van der Waals surface area (Å²) in [4.78, 5) is 8.20. The molecule has 1 heterocycles. The van der Waals surface area contributed by atoms with Crippen LogP contribution >= 0.6 is 11.6 Å². The zero-order valence-electron chi connectivity index (χ0n) is 10.9. The summed E-state index contributed by atoms with van der Waals surface area (Å²) in [5.41, 5.74) is 1.96. The first-order chi connectivity index (χ1) is 9.20. The average Bonchev–Trinajstić information content (AvgIpc) is 2.40. The quantitative estimate of drug-likeness (QED) is 0.842. The van der Waals surface area contributed by atoms with Gasteiger partial charge in [0, 0.05) is 11.8 Å². The first-order valence-corrected chi connectivity index (χ1v) is 6.59. The molecule has 19 heavy (non-hydrogen) atoms. The number of anilines is 2. The summed E-state index contributed by atoms with van der Waals surface area (Å²) in [5, 5.41) is 3.16. The number of hydrogen-bond acceptors (Lipinski definition) is 4. The van der Waals surface area contributed by atoms with Crippen molar-refractivity contribution < 1.29 is 4.74 Å². The fourth-order valence-corrected chi connectivity index (χ4v) is 1.92. The lowest BCUT2D eigenvalue weighted by Crippen LogP contribution is -2.00. The minimum Gasteiger partial charge on any atom is -0.478 e. The number of ether oxygens (including phenoxy) is 1. The van der Waals surface area contributed by atoms with Gasteiger partial charge in [0.15, 0.2) is 0 Å². The maximum atomic E-state index is 6.16. The number of hydrogen-bond donors (Lipinski definition) is 1. The lowest BCUT2D eigenvalue weighted by molar-refractivity contribution is 0.326. The van der Waals surface area contributed by atoms with Gasteiger partial charge in [0.2, 0.25) is 5.88 Å². The summed E-state index contributed by atoms with van der Waals surface area (Å²) >= 11 is 6.16. The van der Waals surface area contributed by atoms with E-state index < -0.39 is 0 Å². The van der Waals surface area contributed by atoms with Gasteiger partial charge in [-0.3, -0.25) is 0 Å². The van der Waals surface area contributed by atoms with Crippen LogP contribution in [0.5, 0.6) is 5.88 Å². The molecule has 4 nitrogen and oxygen atoms in total. The van der Waals surface area contributed by atoms with Crippen LogP contribution in [-0.2, 0) is 0 Å². The van der Waals surface area contributed by atoms with Crippen LogP contribution in [0.1, 0.15) is 24.8 Å². The summed E-state index contributed by atoms with van der Waals surface area (Å²) in [7, 11) is 0. The van der Waals surface area contributed by atoms with E-state index in [4.69, 9.17) is 16.3 Å². The molecule has 0 spiro atoms. The third-order valence-electron chi connectivity index (χ3n) is 2.59. The van der Waals surface area contributed by atoms with Crippen LogP contribution < -0.4 is 10.1 Å². The van der Waals surface area contributed by atoms with Crippen molar-refractivity contribution in [3.8, 4) is 5.88 Å². The molecule has 0 fully saturated rings. The van der Waals surface area contributed by atoms with Crippen LogP contribution in [0.15, 0.2) is 36.7 Å². The smallest absolute Gasteiger partial charge is 0.218 e. The van der Waals surface area contributed by atoms with E-state index in [-0.39, 0.29) is 5.38 Å². The van der Waals surface area contributed by atoms with Crippen LogP contribution in [0.3, 0.4) is 0 Å². The van der Waals surface area contributed by atoms with E-state index in [1.54, 1.807) is 6.07 Å². The van der Waals surface area contributed by atoms with Crippen molar-refractivity contribution in [2.75, 3.05) is 11.9 Å². The van der Waals surface area contributed by atoms with Crippen LogP contribution in [0.25, 0.3) is 0 Å². The van der Waals surface area contributed by atoms with Gasteiger partial charge >= 0.3 is 0 Å². The summed E-state index contributed by atoms with van der Waals surface area (Å²) in [6, 6.07) is 9.64. The fraction of sp³-hybridized carbons (Fsp3) is 0.286. The standard InChI is InChI=1S/C14H16ClN3O/c1-3-19-14-8-13(16-9-17-14)18-12-7-5-4-6-11(12)10(2)15/h4-10H,3H2,1-2H3,(H,16,17,18). The highest BCUT2D eigenvalue weighted by Crippen LogP contribution is 2.29. The van der Waals surface area contributed by atoms with Crippen molar-refractivity contribution in [2.24, 2.45) is 0 Å². The highest BCUT2D eigenvalue weighted by Gasteiger charge is 2.08. The maximum absolute atomic E-state index is 6.16. The Balaban J connectivity index is 2.23. The van der Waals surface area contributed by atoms with E-state index in [2.05, 4.69) is 15.3 Å². The number of nitrogens with one attached hydrogen (secondary N) is 1. The van der Waals surface area contributed by atoms with Crippen molar-refractivity contribution in [1.29, 1.82) is 0 Å². The number of nitrogens with zero attached hydrogens (tertiary/aromatic N) is 2. The number of para-hydroxylation sites is 1. The molecule has 0 aliphatic heterocycles. The van der Waals surface area contributed by atoms with E-state index >= 15 is 0 Å². The largest absolute Gasteiger partial charge is 0.478 e. The lowest BCUT2D eigenvalue weighted by Gasteiger charge is -2.13. The van der Waals surface area contributed by atoms with Gasteiger partial charge in [0.25, 0.3) is 0 Å². The van der Waals surface area contributed by atoms with Gasteiger partial charge in [0.1, 0.15) is 12.1 Å². The average molecular weight is 278 g/mol. The molecule has 1 N–H and O–H groups in total. The van der Waals surface area contributed by atoms with Gasteiger partial charge in [-0.1, -0.05) is 18.2 Å². The number of alkyl halides is 1. The molecule has 0 amide bonds. The second-order valence-electron chi connectivity index (χ2n) is 4.00. The van der Waals surface area contributed by atoms with Gasteiger partial charge in [-0.2, -0.15) is 0 Å². The molecule has 0 bridgehead atoms. The molecule has 100 valence electrons. The minimum absolute atomic E-state index is 0.0723. The first-order valence-electron chi connectivity index (χ1n) is 6.15. The second kappa shape index (κ2) is 6.38. The molecule has 0 saturated carbocycles. The summed E-state index contributed by atoms with van der Waals surface area (Å²) < 4.78 is 5.34. The van der Waals surface area contributed by atoms with Crippen molar-refractivity contribution in [2.45, 2.75) is 19.2 Å². The molecular formula is C14H16ClN3O. The molecule has 1 aromatic carbocycles. The number of aromatic nitrogens is 2. The van der Waals surface area contributed by atoms with E-state index in [9.17, 15) is 0 Å². The van der Waals surface area contributed by atoms with E-state index in [1.165, 1.54) is 6.33 Å². The SMILES string of the molecule is CCOc1cc(Nc2ccccc2C(C)Cl)ncn1. The van der Waals surface area contributed by atoms with Gasteiger partial charge in [-0.25, -0.2) is 9.97 Å². The fourth-order valence-electron chi connectivity index (χ4n) is 1.73. The molecule has 0 aliphatic rings. The van der Waals surface area contributed by atoms with Crippen LogP contribution in [0, 0.1) is 0 Å². The molecule has 0 saturated heterocycles. The van der Waals surface area contributed by atoms with Crippen molar-refractivity contribution in [3.05, 3.63) is 42.2 Å². The Bertz CT molecular complexity index is 546. The minimum atomic E-state index is -0.0723. The third-order valence-corrected chi connectivity index (χ3v) is 2.82.